The lowest BCUT2D eigenvalue weighted by atomic mass is 9.84. The molecular formula is C23H22OS. The highest BCUT2D eigenvalue weighted by Crippen LogP contribution is 2.48. The second kappa shape index (κ2) is 8.70. The fourth-order valence-electron chi connectivity index (χ4n) is 3.08. The smallest absolute Gasteiger partial charge is 0.0910 e. The van der Waals surface area contributed by atoms with Gasteiger partial charge in [-0.15, -0.1) is 11.8 Å². The van der Waals surface area contributed by atoms with Gasteiger partial charge in [-0.05, 0) is 16.7 Å². The first-order valence-corrected chi connectivity index (χ1v) is 9.43. The molecule has 3 aromatic rings. The standard InChI is InChI=1S/C23H22OS/c24-18-10-11-19-25-23(20-12-4-1-5-13-20,21-14-6-2-7-15-21)22-16-8-3-9-17-22/h1-17,24H,18-19H2/b11-10-. The molecule has 0 aliphatic rings. The molecule has 3 rings (SSSR count). The highest BCUT2D eigenvalue weighted by Gasteiger charge is 2.36. The fourth-order valence-corrected chi connectivity index (χ4v) is 4.47. The van der Waals surface area contributed by atoms with Gasteiger partial charge in [0.25, 0.3) is 0 Å². The van der Waals surface area contributed by atoms with Crippen molar-refractivity contribution < 1.29 is 5.11 Å². The molecule has 0 amide bonds. The number of aliphatic hydroxyl groups excluding tert-OH is 1. The van der Waals surface area contributed by atoms with Gasteiger partial charge in [0.2, 0.25) is 0 Å². The van der Waals surface area contributed by atoms with Gasteiger partial charge in [0.1, 0.15) is 0 Å². The van der Waals surface area contributed by atoms with E-state index in [1.807, 2.05) is 17.8 Å². The van der Waals surface area contributed by atoms with Crippen LogP contribution >= 0.6 is 11.8 Å². The van der Waals surface area contributed by atoms with Gasteiger partial charge in [-0.2, -0.15) is 0 Å². The summed E-state index contributed by atoms with van der Waals surface area (Å²) in [6.07, 6.45) is 3.84. The molecule has 0 aromatic heterocycles. The normalized spacial score (nSPS) is 11.7. The van der Waals surface area contributed by atoms with E-state index in [9.17, 15) is 0 Å². The summed E-state index contributed by atoms with van der Waals surface area (Å²) in [5.41, 5.74) is 3.78. The van der Waals surface area contributed by atoms with Crippen LogP contribution in [0.1, 0.15) is 16.7 Å². The molecule has 0 spiro atoms. The first-order chi connectivity index (χ1) is 12.4. The molecule has 1 nitrogen and oxygen atoms in total. The largest absolute Gasteiger partial charge is 0.392 e. The summed E-state index contributed by atoms with van der Waals surface area (Å²) < 4.78 is -0.288. The number of benzene rings is 3. The van der Waals surface area contributed by atoms with Crippen molar-refractivity contribution in [3.63, 3.8) is 0 Å². The van der Waals surface area contributed by atoms with Gasteiger partial charge in [0, 0.05) is 5.75 Å². The van der Waals surface area contributed by atoms with Crippen molar-refractivity contribution in [1.29, 1.82) is 0 Å². The number of aliphatic hydroxyl groups is 1. The summed E-state index contributed by atoms with van der Waals surface area (Å²) in [6.45, 7) is 0.0789. The maximum absolute atomic E-state index is 9.05. The van der Waals surface area contributed by atoms with Crippen molar-refractivity contribution >= 4 is 11.8 Å². The summed E-state index contributed by atoms with van der Waals surface area (Å²) in [5, 5.41) is 9.05. The van der Waals surface area contributed by atoms with Crippen LogP contribution in [0, 0.1) is 0 Å². The number of thioether (sulfide) groups is 1. The van der Waals surface area contributed by atoms with E-state index < -0.39 is 0 Å². The Bertz CT molecular complexity index is 685. The Hall–Kier alpha value is -2.29. The molecule has 0 fully saturated rings. The van der Waals surface area contributed by atoms with Gasteiger partial charge in [-0.1, -0.05) is 103 Å². The Labute approximate surface area is 154 Å². The van der Waals surface area contributed by atoms with Crippen LogP contribution in [0.25, 0.3) is 0 Å². The average Bonchev–Trinajstić information content (AvgIpc) is 2.70. The molecule has 0 saturated heterocycles. The van der Waals surface area contributed by atoms with E-state index in [1.54, 1.807) is 6.08 Å². The van der Waals surface area contributed by atoms with Gasteiger partial charge < -0.3 is 5.11 Å². The average molecular weight is 346 g/mol. The highest BCUT2D eigenvalue weighted by molar-refractivity contribution is 8.00. The third-order valence-corrected chi connectivity index (χ3v) is 5.71. The predicted molar refractivity (Wildman–Crippen MR) is 108 cm³/mol. The van der Waals surface area contributed by atoms with Crippen LogP contribution in [-0.2, 0) is 4.75 Å². The molecule has 25 heavy (non-hydrogen) atoms. The van der Waals surface area contributed by atoms with E-state index in [-0.39, 0.29) is 11.4 Å². The Morgan fingerprint density at radius 1 is 0.640 bits per heavy atom. The van der Waals surface area contributed by atoms with Crippen LogP contribution in [0.5, 0.6) is 0 Å². The summed E-state index contributed by atoms with van der Waals surface area (Å²) >= 11 is 1.87. The quantitative estimate of drug-likeness (QED) is 0.465. The molecule has 0 atom stereocenters. The molecule has 0 unspecified atom stereocenters. The fraction of sp³-hybridized carbons (Fsp3) is 0.130. The molecule has 126 valence electrons. The van der Waals surface area contributed by atoms with E-state index >= 15 is 0 Å². The van der Waals surface area contributed by atoms with Crippen molar-refractivity contribution in [2.75, 3.05) is 12.4 Å². The number of rotatable bonds is 7. The molecule has 0 aliphatic heterocycles. The van der Waals surface area contributed by atoms with Crippen LogP contribution in [0.2, 0.25) is 0 Å². The lowest BCUT2D eigenvalue weighted by molar-refractivity contribution is 0.342. The van der Waals surface area contributed by atoms with E-state index in [2.05, 4.69) is 91.0 Å². The Kier molecular flexibility index (Phi) is 6.10. The Morgan fingerprint density at radius 3 is 1.40 bits per heavy atom. The summed E-state index contributed by atoms with van der Waals surface area (Å²) in [6, 6.07) is 31.9. The van der Waals surface area contributed by atoms with E-state index in [4.69, 9.17) is 5.11 Å². The third kappa shape index (κ3) is 3.87. The zero-order valence-corrected chi connectivity index (χ0v) is 14.9. The zero-order chi connectivity index (χ0) is 17.4. The maximum Gasteiger partial charge on any atom is 0.0910 e. The number of hydrogen-bond acceptors (Lipinski definition) is 2. The van der Waals surface area contributed by atoms with Crippen LogP contribution in [0.3, 0.4) is 0 Å². The second-order valence-corrected chi connectivity index (χ2v) is 6.98. The molecule has 0 saturated carbocycles. The van der Waals surface area contributed by atoms with Crippen LogP contribution in [0.15, 0.2) is 103 Å². The molecule has 3 aromatic carbocycles. The summed E-state index contributed by atoms with van der Waals surface area (Å²) in [5.74, 6) is 0.819. The summed E-state index contributed by atoms with van der Waals surface area (Å²) in [4.78, 5) is 0. The first-order valence-electron chi connectivity index (χ1n) is 8.44. The van der Waals surface area contributed by atoms with Crippen molar-refractivity contribution in [3.05, 3.63) is 120 Å². The Morgan fingerprint density at radius 2 is 1.04 bits per heavy atom. The monoisotopic (exact) mass is 346 g/mol. The third-order valence-electron chi connectivity index (χ3n) is 4.21. The summed E-state index contributed by atoms with van der Waals surface area (Å²) in [7, 11) is 0. The predicted octanol–water partition coefficient (Wildman–Crippen LogP) is 5.26. The SMILES string of the molecule is OC/C=C\CSC(c1ccccc1)(c1ccccc1)c1ccccc1. The van der Waals surface area contributed by atoms with Crippen molar-refractivity contribution in [2.45, 2.75) is 4.75 Å². The van der Waals surface area contributed by atoms with Crippen molar-refractivity contribution in [1.82, 2.24) is 0 Å². The lowest BCUT2D eigenvalue weighted by Gasteiger charge is -2.35. The molecule has 0 radical (unpaired) electrons. The zero-order valence-electron chi connectivity index (χ0n) is 14.1. The molecular weight excluding hydrogens is 324 g/mol. The molecule has 1 N–H and O–H groups in total. The van der Waals surface area contributed by atoms with Crippen molar-refractivity contribution in [3.8, 4) is 0 Å². The number of hydrogen-bond donors (Lipinski definition) is 1. The highest BCUT2D eigenvalue weighted by atomic mass is 32.2. The van der Waals surface area contributed by atoms with E-state index in [1.165, 1.54) is 16.7 Å². The van der Waals surface area contributed by atoms with E-state index in [0.717, 1.165) is 5.75 Å². The Balaban J connectivity index is 2.18. The molecule has 0 heterocycles. The maximum atomic E-state index is 9.05. The van der Waals surface area contributed by atoms with Gasteiger partial charge >= 0.3 is 0 Å². The van der Waals surface area contributed by atoms with Gasteiger partial charge in [-0.25, -0.2) is 0 Å². The lowest BCUT2D eigenvalue weighted by Crippen LogP contribution is -2.26. The van der Waals surface area contributed by atoms with Crippen LogP contribution in [0.4, 0.5) is 0 Å². The molecule has 0 aliphatic carbocycles. The van der Waals surface area contributed by atoms with Gasteiger partial charge in [0.05, 0.1) is 11.4 Å². The van der Waals surface area contributed by atoms with E-state index in [0.29, 0.717) is 0 Å². The van der Waals surface area contributed by atoms with Gasteiger partial charge in [0.15, 0.2) is 0 Å². The van der Waals surface area contributed by atoms with Crippen LogP contribution < -0.4 is 0 Å². The minimum Gasteiger partial charge on any atom is -0.392 e. The minimum atomic E-state index is -0.288. The van der Waals surface area contributed by atoms with Crippen molar-refractivity contribution in [2.24, 2.45) is 0 Å². The first kappa shape index (κ1) is 17.5. The minimum absolute atomic E-state index is 0.0789. The second-order valence-electron chi connectivity index (χ2n) is 5.74. The van der Waals surface area contributed by atoms with Gasteiger partial charge in [-0.3, -0.25) is 0 Å². The molecule has 2 heteroatoms. The topological polar surface area (TPSA) is 20.2 Å². The van der Waals surface area contributed by atoms with Crippen LogP contribution in [-0.4, -0.2) is 17.5 Å². The molecule has 0 bridgehead atoms.